The zero-order valence-corrected chi connectivity index (χ0v) is 14.6. The van der Waals surface area contributed by atoms with Gasteiger partial charge in [0, 0.05) is 50.4 Å². The lowest BCUT2D eigenvalue weighted by molar-refractivity contribution is 0.0955. The van der Waals surface area contributed by atoms with Gasteiger partial charge in [-0.15, -0.1) is 0 Å². The Morgan fingerprint density at radius 1 is 1.08 bits per heavy atom. The van der Waals surface area contributed by atoms with Crippen LogP contribution in [0.4, 0.5) is 5.69 Å². The van der Waals surface area contributed by atoms with Crippen molar-refractivity contribution in [1.82, 2.24) is 4.90 Å². The van der Waals surface area contributed by atoms with Gasteiger partial charge in [0.25, 0.3) is 0 Å². The molecule has 24 heavy (non-hydrogen) atoms. The first kappa shape index (κ1) is 16.4. The van der Waals surface area contributed by atoms with Crippen LogP contribution in [-0.4, -0.2) is 62.0 Å². The summed E-state index contributed by atoms with van der Waals surface area (Å²) in [5.41, 5.74) is 4.56. The largest absolute Gasteiger partial charge is 0.396 e. The van der Waals surface area contributed by atoms with Crippen LogP contribution in [0.1, 0.15) is 30.4 Å². The predicted molar refractivity (Wildman–Crippen MR) is 96.7 cm³/mol. The van der Waals surface area contributed by atoms with E-state index < -0.39 is 0 Å². The molecule has 0 spiro atoms. The van der Waals surface area contributed by atoms with Crippen molar-refractivity contribution in [3.63, 3.8) is 0 Å². The van der Waals surface area contributed by atoms with Crippen LogP contribution >= 0.6 is 0 Å². The molecule has 2 fully saturated rings. The second-order valence-electron chi connectivity index (χ2n) is 7.64. The molecule has 2 saturated heterocycles. The Balaban J connectivity index is 1.36. The van der Waals surface area contributed by atoms with E-state index >= 15 is 0 Å². The zero-order valence-electron chi connectivity index (χ0n) is 14.6. The molecule has 2 heterocycles. The van der Waals surface area contributed by atoms with Gasteiger partial charge in [-0.3, -0.25) is 4.90 Å². The highest BCUT2D eigenvalue weighted by Gasteiger charge is 2.28. The molecule has 2 aliphatic heterocycles. The molecule has 0 aromatic heterocycles. The number of rotatable bonds is 3. The lowest BCUT2D eigenvalue weighted by Crippen LogP contribution is -2.47. The molecule has 3 aliphatic rings. The first-order valence-corrected chi connectivity index (χ1v) is 9.63. The average Bonchev–Trinajstić information content (AvgIpc) is 2.97. The van der Waals surface area contributed by atoms with Crippen LogP contribution in [0.25, 0.3) is 0 Å². The van der Waals surface area contributed by atoms with Crippen molar-refractivity contribution in [3.8, 4) is 0 Å². The molecule has 1 atom stereocenters. The quantitative estimate of drug-likeness (QED) is 0.921. The molecule has 0 unspecified atom stereocenters. The number of aliphatic hydroxyl groups is 1. The SMILES string of the molecule is OC[C@H]1COCCN(C2CCN(c3ccc4c(c3)CCC4)CC2)C1. The second kappa shape index (κ2) is 7.42. The predicted octanol–water partition coefficient (Wildman–Crippen LogP) is 2.08. The van der Waals surface area contributed by atoms with E-state index in [1.54, 1.807) is 11.1 Å². The number of fused-ring (bicyclic) bond motifs is 1. The second-order valence-corrected chi connectivity index (χ2v) is 7.64. The van der Waals surface area contributed by atoms with Gasteiger partial charge in [0.05, 0.1) is 13.2 Å². The Kier molecular flexibility index (Phi) is 5.06. The minimum atomic E-state index is 0.241. The standard InChI is InChI=1S/C20H30N2O2/c23-14-16-13-22(10-11-24-15-16)19-6-8-21(9-7-19)20-5-4-17-2-1-3-18(17)12-20/h4-5,12,16,19,23H,1-3,6-11,13-15H2/t16-/m0/s1. The number of hydrogen-bond donors (Lipinski definition) is 1. The van der Waals surface area contributed by atoms with Crippen molar-refractivity contribution in [3.05, 3.63) is 29.3 Å². The van der Waals surface area contributed by atoms with E-state index in [9.17, 15) is 5.11 Å². The summed E-state index contributed by atoms with van der Waals surface area (Å²) < 4.78 is 5.64. The number of ether oxygens (including phenoxy) is 1. The van der Waals surface area contributed by atoms with Crippen LogP contribution in [0.15, 0.2) is 18.2 Å². The molecule has 0 bridgehead atoms. The summed E-state index contributed by atoms with van der Waals surface area (Å²) in [5, 5.41) is 9.48. The molecule has 1 aliphatic carbocycles. The smallest absolute Gasteiger partial charge is 0.0593 e. The van der Waals surface area contributed by atoms with Gasteiger partial charge in [-0.25, -0.2) is 0 Å². The summed E-state index contributed by atoms with van der Waals surface area (Å²) >= 11 is 0. The summed E-state index contributed by atoms with van der Waals surface area (Å²) in [6, 6.07) is 7.75. The van der Waals surface area contributed by atoms with E-state index in [1.165, 1.54) is 37.8 Å². The van der Waals surface area contributed by atoms with Crippen LogP contribution in [0.5, 0.6) is 0 Å². The summed E-state index contributed by atoms with van der Waals surface area (Å²) in [6.45, 7) is 6.04. The zero-order chi connectivity index (χ0) is 16.4. The van der Waals surface area contributed by atoms with Crippen molar-refractivity contribution in [1.29, 1.82) is 0 Å². The summed E-state index contributed by atoms with van der Waals surface area (Å²) in [5.74, 6) is 0.280. The number of aryl methyl sites for hydroxylation is 2. The van der Waals surface area contributed by atoms with E-state index in [0.717, 1.165) is 32.8 Å². The number of piperidine rings is 1. The monoisotopic (exact) mass is 330 g/mol. The first-order chi connectivity index (χ1) is 11.8. The Bertz CT molecular complexity index is 555. The average molecular weight is 330 g/mol. The minimum absolute atomic E-state index is 0.241. The maximum Gasteiger partial charge on any atom is 0.0593 e. The molecule has 1 aromatic rings. The van der Waals surface area contributed by atoms with Gasteiger partial charge in [-0.2, -0.15) is 0 Å². The summed E-state index contributed by atoms with van der Waals surface area (Å²) in [4.78, 5) is 5.13. The van der Waals surface area contributed by atoms with Gasteiger partial charge in [0.15, 0.2) is 0 Å². The van der Waals surface area contributed by atoms with Gasteiger partial charge >= 0.3 is 0 Å². The maximum absolute atomic E-state index is 9.48. The number of anilines is 1. The van der Waals surface area contributed by atoms with E-state index in [0.29, 0.717) is 12.6 Å². The van der Waals surface area contributed by atoms with Gasteiger partial charge in [0.2, 0.25) is 0 Å². The molecule has 4 nitrogen and oxygen atoms in total. The van der Waals surface area contributed by atoms with Crippen molar-refractivity contribution in [2.45, 2.75) is 38.1 Å². The fraction of sp³-hybridized carbons (Fsp3) is 0.700. The Morgan fingerprint density at radius 3 is 2.75 bits per heavy atom. The molecular formula is C20H30N2O2. The lowest BCUT2D eigenvalue weighted by atomic mass is 10.00. The van der Waals surface area contributed by atoms with Crippen molar-refractivity contribution in [2.75, 3.05) is 50.9 Å². The molecule has 4 rings (SSSR count). The third-order valence-corrected chi connectivity index (χ3v) is 6.06. The molecule has 1 N–H and O–H groups in total. The van der Waals surface area contributed by atoms with E-state index in [1.807, 2.05) is 0 Å². The number of hydrogen-bond acceptors (Lipinski definition) is 4. The van der Waals surface area contributed by atoms with E-state index in [4.69, 9.17) is 4.74 Å². The van der Waals surface area contributed by atoms with Gasteiger partial charge in [-0.05, 0) is 55.4 Å². The van der Waals surface area contributed by atoms with Gasteiger partial charge in [0.1, 0.15) is 0 Å². The normalized spacial score (nSPS) is 26.4. The Hall–Kier alpha value is -1.10. The fourth-order valence-corrected chi connectivity index (χ4v) is 4.59. The lowest BCUT2D eigenvalue weighted by Gasteiger charge is -2.39. The molecule has 132 valence electrons. The van der Waals surface area contributed by atoms with Crippen molar-refractivity contribution in [2.24, 2.45) is 5.92 Å². The topological polar surface area (TPSA) is 35.9 Å². The summed E-state index contributed by atoms with van der Waals surface area (Å²) in [6.07, 6.45) is 6.28. The number of nitrogens with zero attached hydrogens (tertiary/aromatic N) is 2. The Morgan fingerprint density at radius 2 is 1.92 bits per heavy atom. The fourth-order valence-electron chi connectivity index (χ4n) is 4.59. The van der Waals surface area contributed by atoms with Crippen molar-refractivity contribution >= 4 is 5.69 Å². The Labute approximate surface area is 145 Å². The van der Waals surface area contributed by atoms with Crippen LogP contribution in [0.2, 0.25) is 0 Å². The van der Waals surface area contributed by atoms with Crippen LogP contribution in [0.3, 0.4) is 0 Å². The molecule has 1 aromatic carbocycles. The highest BCUT2D eigenvalue weighted by Crippen LogP contribution is 2.29. The maximum atomic E-state index is 9.48. The van der Waals surface area contributed by atoms with Crippen LogP contribution in [0, 0.1) is 5.92 Å². The third-order valence-electron chi connectivity index (χ3n) is 6.06. The molecule has 0 radical (unpaired) electrons. The molecule has 4 heteroatoms. The van der Waals surface area contributed by atoms with Crippen molar-refractivity contribution < 1.29 is 9.84 Å². The van der Waals surface area contributed by atoms with Gasteiger partial charge in [-0.1, -0.05) is 6.07 Å². The number of benzene rings is 1. The third kappa shape index (κ3) is 3.46. The molecule has 0 amide bonds. The van der Waals surface area contributed by atoms with Crippen LogP contribution < -0.4 is 4.90 Å². The molecular weight excluding hydrogens is 300 g/mol. The minimum Gasteiger partial charge on any atom is -0.396 e. The van der Waals surface area contributed by atoms with E-state index in [2.05, 4.69) is 28.0 Å². The molecule has 0 saturated carbocycles. The first-order valence-electron chi connectivity index (χ1n) is 9.63. The van der Waals surface area contributed by atoms with Crippen LogP contribution in [-0.2, 0) is 17.6 Å². The number of aliphatic hydroxyl groups excluding tert-OH is 1. The van der Waals surface area contributed by atoms with E-state index in [-0.39, 0.29) is 12.5 Å². The highest BCUT2D eigenvalue weighted by molar-refractivity contribution is 5.52. The highest BCUT2D eigenvalue weighted by atomic mass is 16.5. The summed E-state index contributed by atoms with van der Waals surface area (Å²) in [7, 11) is 0. The van der Waals surface area contributed by atoms with Gasteiger partial charge < -0.3 is 14.7 Å².